The van der Waals surface area contributed by atoms with Gasteiger partial charge in [0.25, 0.3) is 0 Å². The second-order valence-corrected chi connectivity index (χ2v) is 6.38. The number of Topliss-reactive ketones (excluding diaryl/α,β-unsaturated/α-hetero) is 1. The second kappa shape index (κ2) is 11.9. The van der Waals surface area contributed by atoms with E-state index in [-0.39, 0.29) is 5.78 Å². The summed E-state index contributed by atoms with van der Waals surface area (Å²) in [6, 6.07) is 0. The van der Waals surface area contributed by atoms with Crippen LogP contribution in [0.1, 0.15) is 66.7 Å². The Kier molecular flexibility index (Phi) is 11.0. The molecule has 0 saturated heterocycles. The van der Waals surface area contributed by atoms with E-state index in [4.69, 9.17) is 0 Å². The predicted octanol–water partition coefficient (Wildman–Crippen LogP) is 5.17. The maximum absolute atomic E-state index is 11.5. The second-order valence-electron chi connectivity index (χ2n) is 6.38. The first-order chi connectivity index (χ1) is 10.8. The minimum absolute atomic E-state index is 0.143. The summed E-state index contributed by atoms with van der Waals surface area (Å²) in [5.41, 5.74) is 3.97. The van der Waals surface area contributed by atoms with Crippen LogP contribution in [0.5, 0.6) is 0 Å². The van der Waals surface area contributed by atoms with Crippen LogP contribution in [-0.2, 0) is 14.3 Å². The van der Waals surface area contributed by atoms with Crippen molar-refractivity contribution in [1.29, 1.82) is 0 Å². The molecule has 0 aliphatic carbocycles. The van der Waals surface area contributed by atoms with Crippen LogP contribution in [0.15, 0.2) is 34.9 Å². The van der Waals surface area contributed by atoms with Crippen molar-refractivity contribution in [3.8, 4) is 0 Å². The third-order valence-corrected chi connectivity index (χ3v) is 3.80. The molecule has 130 valence electrons. The number of methoxy groups -OCH3 is 1. The van der Waals surface area contributed by atoms with E-state index < -0.39 is 11.9 Å². The van der Waals surface area contributed by atoms with Crippen LogP contribution >= 0.6 is 0 Å². The van der Waals surface area contributed by atoms with E-state index in [1.807, 2.05) is 13.0 Å². The Hall–Kier alpha value is -1.64. The van der Waals surface area contributed by atoms with E-state index in [2.05, 4.69) is 37.7 Å². The molecule has 0 aromatic rings. The van der Waals surface area contributed by atoms with Crippen molar-refractivity contribution in [2.24, 2.45) is 5.92 Å². The fourth-order valence-electron chi connectivity index (χ4n) is 2.23. The number of carbonyl (C=O) groups is 2. The number of ketones is 1. The Morgan fingerprint density at radius 3 is 1.87 bits per heavy atom. The van der Waals surface area contributed by atoms with Gasteiger partial charge in [0.15, 0.2) is 0 Å². The summed E-state index contributed by atoms with van der Waals surface area (Å²) in [6.45, 7) is 9.89. The highest BCUT2D eigenvalue weighted by Crippen LogP contribution is 2.14. The van der Waals surface area contributed by atoms with Crippen LogP contribution < -0.4 is 0 Å². The Morgan fingerprint density at radius 1 is 0.870 bits per heavy atom. The maximum atomic E-state index is 11.5. The van der Waals surface area contributed by atoms with Crippen LogP contribution in [0.2, 0.25) is 0 Å². The minimum atomic E-state index is -0.670. The van der Waals surface area contributed by atoms with E-state index in [1.54, 1.807) is 0 Å². The van der Waals surface area contributed by atoms with Gasteiger partial charge in [0, 0.05) is 0 Å². The number of ether oxygens (including phenoxy) is 1. The molecule has 0 radical (unpaired) electrons. The summed E-state index contributed by atoms with van der Waals surface area (Å²) in [5, 5.41) is 0. The molecule has 0 saturated carbocycles. The molecule has 3 heteroatoms. The summed E-state index contributed by atoms with van der Waals surface area (Å²) >= 11 is 0. The van der Waals surface area contributed by atoms with E-state index in [9.17, 15) is 9.59 Å². The molecule has 0 heterocycles. The molecule has 0 aromatic heterocycles. The number of hydrogen-bond donors (Lipinski definition) is 0. The van der Waals surface area contributed by atoms with E-state index in [0.29, 0.717) is 6.42 Å². The van der Waals surface area contributed by atoms with Crippen LogP contribution in [0.4, 0.5) is 0 Å². The van der Waals surface area contributed by atoms with Gasteiger partial charge >= 0.3 is 5.97 Å². The minimum Gasteiger partial charge on any atom is -0.468 e. The molecule has 0 rings (SSSR count). The first kappa shape index (κ1) is 21.4. The van der Waals surface area contributed by atoms with Gasteiger partial charge in [0.2, 0.25) is 0 Å². The van der Waals surface area contributed by atoms with Crippen molar-refractivity contribution >= 4 is 11.8 Å². The van der Waals surface area contributed by atoms with Gasteiger partial charge < -0.3 is 4.74 Å². The van der Waals surface area contributed by atoms with Gasteiger partial charge in [-0.25, -0.2) is 0 Å². The molecule has 0 amide bonds. The average molecular weight is 320 g/mol. The molecule has 0 fully saturated rings. The monoisotopic (exact) mass is 320 g/mol. The summed E-state index contributed by atoms with van der Waals surface area (Å²) in [7, 11) is 1.32. The summed E-state index contributed by atoms with van der Waals surface area (Å²) < 4.78 is 4.67. The molecule has 0 aromatic carbocycles. The Balaban J connectivity index is 4.31. The fourth-order valence-corrected chi connectivity index (χ4v) is 2.23. The zero-order chi connectivity index (χ0) is 17.8. The van der Waals surface area contributed by atoms with Gasteiger partial charge in [-0.05, 0) is 66.7 Å². The number of rotatable bonds is 10. The lowest BCUT2D eigenvalue weighted by atomic mass is 9.98. The lowest BCUT2D eigenvalue weighted by Crippen LogP contribution is -2.22. The van der Waals surface area contributed by atoms with Gasteiger partial charge in [0.1, 0.15) is 11.7 Å². The number of carbonyl (C=O) groups excluding carboxylic acids is 2. The third-order valence-electron chi connectivity index (χ3n) is 3.80. The smallest absolute Gasteiger partial charge is 0.316 e. The van der Waals surface area contributed by atoms with Gasteiger partial charge in [-0.1, -0.05) is 34.9 Å². The highest BCUT2D eigenvalue weighted by atomic mass is 16.5. The molecule has 0 aliphatic rings. The zero-order valence-corrected chi connectivity index (χ0v) is 15.6. The normalized spacial score (nSPS) is 13.5. The van der Waals surface area contributed by atoms with Crippen molar-refractivity contribution in [1.82, 2.24) is 0 Å². The van der Waals surface area contributed by atoms with Crippen LogP contribution in [0, 0.1) is 5.92 Å². The molecular formula is C20H32O3. The van der Waals surface area contributed by atoms with Gasteiger partial charge in [-0.15, -0.1) is 0 Å². The standard InChI is InChI=1S/C20H32O3/c1-15(2)9-7-10-16(3)11-8-12-17(4)13-14-19(18(5)21)20(22)23-6/h9,11,13,19H,7-8,10,12,14H2,1-6H3/b16-11+,17-13+. The number of esters is 1. The van der Waals surface area contributed by atoms with Crippen molar-refractivity contribution in [2.75, 3.05) is 7.11 Å². The van der Waals surface area contributed by atoms with E-state index >= 15 is 0 Å². The van der Waals surface area contributed by atoms with Crippen LogP contribution in [0.25, 0.3) is 0 Å². The van der Waals surface area contributed by atoms with Gasteiger partial charge in [-0.2, -0.15) is 0 Å². The predicted molar refractivity (Wildman–Crippen MR) is 96.2 cm³/mol. The van der Waals surface area contributed by atoms with Crippen molar-refractivity contribution < 1.29 is 14.3 Å². The third kappa shape index (κ3) is 10.7. The highest BCUT2D eigenvalue weighted by Gasteiger charge is 2.22. The molecule has 0 aliphatic heterocycles. The molecule has 0 spiro atoms. The Bertz CT molecular complexity index is 477. The van der Waals surface area contributed by atoms with Crippen molar-refractivity contribution in [3.63, 3.8) is 0 Å². The highest BCUT2D eigenvalue weighted by molar-refractivity contribution is 5.97. The van der Waals surface area contributed by atoms with E-state index in [0.717, 1.165) is 25.7 Å². The quantitative estimate of drug-likeness (QED) is 0.317. The maximum Gasteiger partial charge on any atom is 0.316 e. The molecule has 1 atom stereocenters. The lowest BCUT2D eigenvalue weighted by molar-refractivity contribution is -0.148. The Morgan fingerprint density at radius 2 is 1.39 bits per heavy atom. The average Bonchev–Trinajstić information content (AvgIpc) is 2.46. The zero-order valence-electron chi connectivity index (χ0n) is 15.6. The van der Waals surface area contributed by atoms with Crippen molar-refractivity contribution in [3.05, 3.63) is 34.9 Å². The SMILES string of the molecule is COC(=O)C(C/C=C(\C)CC/C=C(\C)CCC=C(C)C)C(C)=O. The number of hydrogen-bond acceptors (Lipinski definition) is 3. The van der Waals surface area contributed by atoms with Crippen molar-refractivity contribution in [2.45, 2.75) is 66.7 Å². The molecule has 1 unspecified atom stereocenters. The number of allylic oxidation sites excluding steroid dienone is 6. The first-order valence-corrected chi connectivity index (χ1v) is 8.30. The lowest BCUT2D eigenvalue weighted by Gasteiger charge is -2.09. The van der Waals surface area contributed by atoms with Crippen LogP contribution in [-0.4, -0.2) is 18.9 Å². The molecule has 0 bridgehead atoms. The first-order valence-electron chi connectivity index (χ1n) is 8.30. The molecular weight excluding hydrogens is 288 g/mol. The van der Waals surface area contributed by atoms with Crippen LogP contribution in [0.3, 0.4) is 0 Å². The van der Waals surface area contributed by atoms with Gasteiger partial charge in [-0.3, -0.25) is 9.59 Å². The topological polar surface area (TPSA) is 43.4 Å². The van der Waals surface area contributed by atoms with E-state index in [1.165, 1.54) is 30.8 Å². The summed E-state index contributed by atoms with van der Waals surface area (Å²) in [4.78, 5) is 23.0. The summed E-state index contributed by atoms with van der Waals surface area (Å²) in [6.07, 6.45) is 11.1. The Labute approximate surface area is 141 Å². The summed E-state index contributed by atoms with van der Waals surface area (Å²) in [5.74, 6) is -1.26. The fraction of sp³-hybridized carbons (Fsp3) is 0.600. The molecule has 3 nitrogen and oxygen atoms in total. The van der Waals surface area contributed by atoms with Gasteiger partial charge in [0.05, 0.1) is 7.11 Å². The molecule has 23 heavy (non-hydrogen) atoms. The largest absolute Gasteiger partial charge is 0.468 e. The molecule has 0 N–H and O–H groups in total.